The number of aromatic nitrogens is 2. The second-order valence-corrected chi connectivity index (χ2v) is 3.81. The maximum absolute atomic E-state index is 11.4. The van der Waals surface area contributed by atoms with E-state index in [1.807, 2.05) is 0 Å². The Morgan fingerprint density at radius 3 is 2.94 bits per heavy atom. The van der Waals surface area contributed by atoms with E-state index in [2.05, 4.69) is 5.10 Å². The van der Waals surface area contributed by atoms with E-state index in [-0.39, 0.29) is 18.1 Å². The average Bonchev–Trinajstić information content (AvgIpc) is 2.75. The normalized spacial score (nSPS) is 15.8. The third-order valence-electron chi connectivity index (χ3n) is 2.59. The van der Waals surface area contributed by atoms with Crippen LogP contribution < -0.4 is 0 Å². The number of nitro groups is 1. The monoisotopic (exact) mass is 224 g/mol. The molecule has 0 bridgehead atoms. The number of nitrogens with zero attached hydrogens (tertiary/aromatic N) is 4. The molecule has 1 saturated heterocycles. The Morgan fingerprint density at radius 1 is 1.62 bits per heavy atom. The summed E-state index contributed by atoms with van der Waals surface area (Å²) in [7, 11) is 1.63. The molecule has 86 valence electrons. The van der Waals surface area contributed by atoms with E-state index in [1.54, 1.807) is 11.9 Å². The minimum Gasteiger partial charge on any atom is -0.336 e. The molecule has 16 heavy (non-hydrogen) atoms. The summed E-state index contributed by atoms with van der Waals surface area (Å²) in [5, 5.41) is 14.8. The lowest BCUT2D eigenvalue weighted by atomic mass is 10.3. The van der Waals surface area contributed by atoms with E-state index in [0.29, 0.717) is 18.7 Å². The molecule has 0 aromatic carbocycles. The zero-order valence-electron chi connectivity index (χ0n) is 8.92. The fourth-order valence-electron chi connectivity index (χ4n) is 1.84. The van der Waals surface area contributed by atoms with Crippen molar-refractivity contribution >= 4 is 11.6 Å². The van der Waals surface area contributed by atoms with Crippen molar-refractivity contribution in [3.8, 4) is 0 Å². The van der Waals surface area contributed by atoms with Gasteiger partial charge in [-0.2, -0.15) is 5.10 Å². The number of hydrogen-bond donors (Lipinski definition) is 0. The summed E-state index contributed by atoms with van der Waals surface area (Å²) >= 11 is 0. The number of amides is 1. The van der Waals surface area contributed by atoms with Crippen LogP contribution in [0.25, 0.3) is 0 Å². The van der Waals surface area contributed by atoms with Gasteiger partial charge in [0.1, 0.15) is 6.20 Å². The summed E-state index contributed by atoms with van der Waals surface area (Å²) in [6.45, 7) is 0.891. The van der Waals surface area contributed by atoms with Crippen molar-refractivity contribution in [1.29, 1.82) is 0 Å². The van der Waals surface area contributed by atoms with Crippen molar-refractivity contribution in [3.63, 3.8) is 0 Å². The van der Waals surface area contributed by atoms with Gasteiger partial charge in [-0.3, -0.25) is 19.6 Å². The first kappa shape index (κ1) is 10.6. The van der Waals surface area contributed by atoms with Crippen molar-refractivity contribution < 1.29 is 9.72 Å². The third-order valence-corrected chi connectivity index (χ3v) is 2.59. The number of aryl methyl sites for hydroxylation is 1. The molecule has 1 aromatic heterocycles. The maximum atomic E-state index is 11.4. The minimum absolute atomic E-state index is 0.0257. The number of carbonyl (C=O) groups excluding carboxylic acids is 1. The Hall–Kier alpha value is -1.92. The Kier molecular flexibility index (Phi) is 2.59. The average molecular weight is 224 g/mol. The quantitative estimate of drug-likeness (QED) is 0.551. The molecule has 0 unspecified atom stereocenters. The topological polar surface area (TPSA) is 81.3 Å². The van der Waals surface area contributed by atoms with Gasteiger partial charge >= 0.3 is 5.69 Å². The zero-order chi connectivity index (χ0) is 11.7. The van der Waals surface area contributed by atoms with Crippen LogP contribution >= 0.6 is 0 Å². The second kappa shape index (κ2) is 3.92. The van der Waals surface area contributed by atoms with Crippen LogP contribution in [-0.4, -0.2) is 32.1 Å². The standard InChI is InChI=1S/C9H12N4O3/c1-11-6-8(13(15)16)7(10-11)5-12-4-2-3-9(12)14/h6H,2-5H2,1H3. The van der Waals surface area contributed by atoms with E-state index in [0.717, 1.165) is 6.42 Å². The van der Waals surface area contributed by atoms with Gasteiger partial charge in [-0.15, -0.1) is 0 Å². The lowest BCUT2D eigenvalue weighted by Crippen LogP contribution is -2.24. The van der Waals surface area contributed by atoms with Crippen LogP contribution in [-0.2, 0) is 18.4 Å². The number of rotatable bonds is 3. The summed E-state index contributed by atoms with van der Waals surface area (Å²) in [4.78, 5) is 23.3. The molecular formula is C9H12N4O3. The largest absolute Gasteiger partial charge is 0.336 e. The molecule has 2 rings (SSSR count). The van der Waals surface area contributed by atoms with E-state index < -0.39 is 4.92 Å². The summed E-state index contributed by atoms with van der Waals surface area (Å²) in [5.74, 6) is 0.0416. The first-order chi connectivity index (χ1) is 7.58. The molecule has 0 atom stereocenters. The van der Waals surface area contributed by atoms with Crippen LogP contribution in [0.15, 0.2) is 6.20 Å². The van der Waals surface area contributed by atoms with Gasteiger partial charge in [0, 0.05) is 20.0 Å². The highest BCUT2D eigenvalue weighted by Gasteiger charge is 2.26. The zero-order valence-corrected chi connectivity index (χ0v) is 8.92. The van der Waals surface area contributed by atoms with Gasteiger partial charge in [0.05, 0.1) is 11.5 Å². The molecule has 0 aliphatic carbocycles. The van der Waals surface area contributed by atoms with E-state index in [9.17, 15) is 14.9 Å². The van der Waals surface area contributed by atoms with Gasteiger partial charge in [-0.05, 0) is 6.42 Å². The van der Waals surface area contributed by atoms with Gasteiger partial charge in [-0.1, -0.05) is 0 Å². The third kappa shape index (κ3) is 1.88. The van der Waals surface area contributed by atoms with E-state index >= 15 is 0 Å². The molecule has 0 radical (unpaired) electrons. The molecular weight excluding hydrogens is 212 g/mol. The lowest BCUT2D eigenvalue weighted by molar-refractivity contribution is -0.385. The lowest BCUT2D eigenvalue weighted by Gasteiger charge is -2.12. The highest BCUT2D eigenvalue weighted by Crippen LogP contribution is 2.20. The van der Waals surface area contributed by atoms with Crippen LogP contribution in [0, 0.1) is 10.1 Å². The summed E-state index contributed by atoms with van der Waals surface area (Å²) in [6, 6.07) is 0. The van der Waals surface area contributed by atoms with Gasteiger partial charge < -0.3 is 4.90 Å². The Bertz CT molecular complexity index is 440. The fraction of sp³-hybridized carbons (Fsp3) is 0.556. The van der Waals surface area contributed by atoms with Crippen LogP contribution in [0.4, 0.5) is 5.69 Å². The van der Waals surface area contributed by atoms with Crippen LogP contribution in [0.2, 0.25) is 0 Å². The van der Waals surface area contributed by atoms with Crippen LogP contribution in [0.1, 0.15) is 18.5 Å². The molecule has 1 amide bonds. The predicted octanol–water partition coefficient (Wildman–Crippen LogP) is 0.451. The molecule has 2 heterocycles. The van der Waals surface area contributed by atoms with Crippen molar-refractivity contribution in [1.82, 2.24) is 14.7 Å². The van der Waals surface area contributed by atoms with Gasteiger partial charge in [-0.25, -0.2) is 0 Å². The number of hydrogen-bond acceptors (Lipinski definition) is 4. The fourth-order valence-corrected chi connectivity index (χ4v) is 1.84. The molecule has 1 aliphatic rings. The maximum Gasteiger partial charge on any atom is 0.312 e. The second-order valence-electron chi connectivity index (χ2n) is 3.81. The van der Waals surface area contributed by atoms with Crippen LogP contribution in [0.3, 0.4) is 0 Å². The molecule has 1 fully saturated rings. The summed E-state index contributed by atoms with van der Waals surface area (Å²) in [6.07, 6.45) is 2.70. The summed E-state index contributed by atoms with van der Waals surface area (Å²) in [5.41, 5.74) is 0.324. The van der Waals surface area contributed by atoms with E-state index in [1.165, 1.54) is 10.9 Å². The smallest absolute Gasteiger partial charge is 0.312 e. The van der Waals surface area contributed by atoms with Crippen molar-refractivity contribution in [2.24, 2.45) is 7.05 Å². The van der Waals surface area contributed by atoms with Crippen LogP contribution in [0.5, 0.6) is 0 Å². The molecule has 7 heteroatoms. The molecule has 0 saturated carbocycles. The van der Waals surface area contributed by atoms with Crippen molar-refractivity contribution in [3.05, 3.63) is 22.0 Å². The molecule has 0 N–H and O–H groups in total. The molecule has 1 aromatic rings. The first-order valence-corrected chi connectivity index (χ1v) is 5.02. The highest BCUT2D eigenvalue weighted by atomic mass is 16.6. The van der Waals surface area contributed by atoms with Gasteiger partial charge in [0.25, 0.3) is 0 Å². The SMILES string of the molecule is Cn1cc([N+](=O)[O-])c(CN2CCCC2=O)n1. The predicted molar refractivity (Wildman–Crippen MR) is 54.5 cm³/mol. The minimum atomic E-state index is -0.469. The number of likely N-dealkylation sites (tertiary alicyclic amines) is 1. The molecule has 0 spiro atoms. The first-order valence-electron chi connectivity index (χ1n) is 5.02. The van der Waals surface area contributed by atoms with E-state index in [4.69, 9.17) is 0 Å². The van der Waals surface area contributed by atoms with Crippen molar-refractivity contribution in [2.45, 2.75) is 19.4 Å². The van der Waals surface area contributed by atoms with Gasteiger partial charge in [0.2, 0.25) is 5.91 Å². The Morgan fingerprint density at radius 2 is 2.38 bits per heavy atom. The van der Waals surface area contributed by atoms with Gasteiger partial charge in [0.15, 0.2) is 5.69 Å². The molecule has 7 nitrogen and oxygen atoms in total. The summed E-state index contributed by atoms with van der Waals surface area (Å²) < 4.78 is 1.40. The number of carbonyl (C=O) groups is 1. The Balaban J connectivity index is 2.20. The molecule has 1 aliphatic heterocycles. The van der Waals surface area contributed by atoms with Crippen molar-refractivity contribution in [2.75, 3.05) is 6.54 Å². The highest BCUT2D eigenvalue weighted by molar-refractivity contribution is 5.78. The Labute approximate surface area is 91.8 Å².